The molecule has 0 radical (unpaired) electrons. The Bertz CT molecular complexity index is 1530. The minimum Gasteiger partial charge on any atom is -0.415 e. The molecule has 1 aromatic carbocycles. The zero-order valence-corrected chi connectivity index (χ0v) is 20.7. The lowest BCUT2D eigenvalue weighted by Gasteiger charge is -2.14. The number of carbonyl (C=O) groups is 1. The monoisotopic (exact) mass is 566 g/mol. The van der Waals surface area contributed by atoms with Crippen LogP contribution in [-0.2, 0) is 30.1 Å². The molecule has 0 saturated heterocycles. The zero-order chi connectivity index (χ0) is 28.7. The third-order valence-corrected chi connectivity index (χ3v) is 6.40. The van der Waals surface area contributed by atoms with Gasteiger partial charge in [0.25, 0.3) is 0 Å². The number of halogens is 6. The van der Waals surface area contributed by atoms with Crippen molar-refractivity contribution in [1.29, 1.82) is 0 Å². The number of alkyl halides is 5. The highest BCUT2D eigenvalue weighted by Gasteiger charge is 2.66. The number of aromatic nitrogens is 5. The molecule has 1 aliphatic rings. The van der Waals surface area contributed by atoms with Crippen LogP contribution in [0, 0.1) is 5.82 Å². The fraction of sp³-hybridized carbons (Fsp3) is 0.320. The van der Waals surface area contributed by atoms with Crippen LogP contribution >= 0.6 is 0 Å². The second kappa shape index (κ2) is 10.3. The van der Waals surface area contributed by atoms with E-state index in [1.54, 1.807) is 13.1 Å². The van der Waals surface area contributed by atoms with E-state index in [9.17, 15) is 31.1 Å². The van der Waals surface area contributed by atoms with Gasteiger partial charge in [0.15, 0.2) is 11.6 Å². The van der Waals surface area contributed by atoms with E-state index >= 15 is 0 Å². The van der Waals surface area contributed by atoms with Crippen molar-refractivity contribution in [2.24, 2.45) is 7.05 Å². The molecule has 9 nitrogen and oxygen atoms in total. The van der Waals surface area contributed by atoms with Crippen molar-refractivity contribution in [3.8, 4) is 17.0 Å². The molecule has 1 N–H and O–H groups in total. The highest BCUT2D eigenvalue weighted by molar-refractivity contribution is 5.91. The van der Waals surface area contributed by atoms with E-state index in [1.165, 1.54) is 35.4 Å². The lowest BCUT2D eigenvalue weighted by Crippen LogP contribution is -2.28. The number of carbonyl (C=O) groups excluding carboxylic acids is 1. The van der Waals surface area contributed by atoms with Gasteiger partial charge in [-0.1, -0.05) is 17.3 Å². The Morgan fingerprint density at radius 1 is 1.15 bits per heavy atom. The number of anilines is 1. The van der Waals surface area contributed by atoms with Crippen LogP contribution in [0.1, 0.15) is 35.6 Å². The van der Waals surface area contributed by atoms with Crippen LogP contribution in [0.15, 0.2) is 47.4 Å². The summed E-state index contributed by atoms with van der Waals surface area (Å²) in [6.45, 7) is -3.03. The van der Waals surface area contributed by atoms with Gasteiger partial charge in [-0.05, 0) is 30.0 Å². The molecule has 3 heterocycles. The number of rotatable bonds is 9. The first-order chi connectivity index (χ1) is 18.9. The van der Waals surface area contributed by atoms with Crippen LogP contribution in [0.25, 0.3) is 11.1 Å². The summed E-state index contributed by atoms with van der Waals surface area (Å²) >= 11 is 0. The van der Waals surface area contributed by atoms with Gasteiger partial charge < -0.3 is 14.6 Å². The van der Waals surface area contributed by atoms with Gasteiger partial charge in [-0.25, -0.2) is 14.4 Å². The molecule has 15 heteroatoms. The second-order valence-corrected chi connectivity index (χ2v) is 9.26. The standard InChI is InChI=1S/C25H20F6N6O3/c1-37-12-15(22(35-37)39-23(27)28)7-19-32-10-16(11-33-19)13-2-3-14(17(26)6-13)8-21(38)34-20-9-18(40-36-20)24(4-5-24)25(29,30)31/h2-3,6,9-12,23H,4-5,7-8H2,1H3,(H,34,36,38). The first-order valence-corrected chi connectivity index (χ1v) is 11.8. The van der Waals surface area contributed by atoms with Crippen molar-refractivity contribution >= 4 is 11.7 Å². The summed E-state index contributed by atoms with van der Waals surface area (Å²) < 4.78 is 90.3. The van der Waals surface area contributed by atoms with Crippen LogP contribution in [0.4, 0.5) is 32.2 Å². The van der Waals surface area contributed by atoms with Gasteiger partial charge in [0.2, 0.25) is 11.8 Å². The van der Waals surface area contributed by atoms with Gasteiger partial charge in [0.05, 0.1) is 6.42 Å². The minimum absolute atomic E-state index is 0.0413. The molecule has 210 valence electrons. The summed E-state index contributed by atoms with van der Waals surface area (Å²) in [6.07, 6.45) is -0.680. The molecule has 4 aromatic rings. The Labute approximate surface area is 222 Å². The molecule has 40 heavy (non-hydrogen) atoms. The Hall–Kier alpha value is -4.43. The molecule has 0 atom stereocenters. The summed E-state index contributed by atoms with van der Waals surface area (Å²) in [4.78, 5) is 20.8. The van der Waals surface area contributed by atoms with Crippen molar-refractivity contribution in [2.75, 3.05) is 5.32 Å². The Morgan fingerprint density at radius 2 is 1.88 bits per heavy atom. The van der Waals surface area contributed by atoms with Crippen LogP contribution in [0.5, 0.6) is 5.88 Å². The molecular formula is C25H20F6N6O3. The molecule has 1 fully saturated rings. The Morgan fingerprint density at radius 3 is 2.50 bits per heavy atom. The molecule has 1 amide bonds. The van der Waals surface area contributed by atoms with Crippen molar-refractivity contribution in [3.05, 3.63) is 71.4 Å². The summed E-state index contributed by atoms with van der Waals surface area (Å²) in [7, 11) is 1.55. The van der Waals surface area contributed by atoms with Gasteiger partial charge in [-0.15, -0.1) is 5.10 Å². The third kappa shape index (κ3) is 5.62. The largest absolute Gasteiger partial charge is 0.415 e. The predicted molar refractivity (Wildman–Crippen MR) is 126 cm³/mol. The maximum atomic E-state index is 14.8. The molecule has 1 aliphatic carbocycles. The van der Waals surface area contributed by atoms with Gasteiger partial charge in [0.1, 0.15) is 17.1 Å². The number of aryl methyl sites for hydroxylation is 1. The third-order valence-electron chi connectivity index (χ3n) is 6.40. The molecule has 0 unspecified atom stereocenters. The number of hydrogen-bond donors (Lipinski definition) is 1. The van der Waals surface area contributed by atoms with Gasteiger partial charge in [-0.2, -0.15) is 22.0 Å². The average Bonchev–Trinajstić information content (AvgIpc) is 3.47. The quantitative estimate of drug-likeness (QED) is 0.285. The van der Waals surface area contributed by atoms with Gasteiger partial charge >= 0.3 is 12.8 Å². The lowest BCUT2D eigenvalue weighted by atomic mass is 10.0. The fourth-order valence-electron chi connectivity index (χ4n) is 4.17. The van der Waals surface area contributed by atoms with Gasteiger partial charge in [-0.3, -0.25) is 9.48 Å². The molecule has 5 rings (SSSR count). The molecular weight excluding hydrogens is 546 g/mol. The fourth-order valence-corrected chi connectivity index (χ4v) is 4.17. The van der Waals surface area contributed by atoms with Crippen LogP contribution in [0.2, 0.25) is 0 Å². The normalized spacial score (nSPS) is 14.4. The highest BCUT2D eigenvalue weighted by Crippen LogP contribution is 2.59. The van der Waals surface area contributed by atoms with E-state index in [-0.39, 0.29) is 42.3 Å². The van der Waals surface area contributed by atoms with E-state index in [1.807, 2.05) is 0 Å². The predicted octanol–water partition coefficient (Wildman–Crippen LogP) is 4.97. The van der Waals surface area contributed by atoms with Crippen molar-refractivity contribution in [3.63, 3.8) is 0 Å². The average molecular weight is 566 g/mol. The van der Waals surface area contributed by atoms with Gasteiger partial charge in [0, 0.05) is 49.3 Å². The Balaban J connectivity index is 1.21. The van der Waals surface area contributed by atoms with Crippen molar-refractivity contribution in [2.45, 2.75) is 43.9 Å². The molecule has 0 aliphatic heterocycles. The first-order valence-electron chi connectivity index (χ1n) is 11.8. The minimum atomic E-state index is -4.49. The number of amides is 1. The summed E-state index contributed by atoms with van der Waals surface area (Å²) in [5, 5.41) is 9.64. The number of nitrogens with zero attached hydrogens (tertiary/aromatic N) is 5. The number of benzene rings is 1. The number of hydrogen-bond acceptors (Lipinski definition) is 7. The molecule has 0 bridgehead atoms. The molecule has 0 spiro atoms. The van der Waals surface area contributed by atoms with Crippen LogP contribution in [-0.4, -0.2) is 43.6 Å². The Kier molecular flexibility index (Phi) is 6.98. The van der Waals surface area contributed by atoms with E-state index < -0.39 is 36.3 Å². The number of nitrogens with one attached hydrogen (secondary N) is 1. The smallest absolute Gasteiger partial charge is 0.401 e. The van der Waals surface area contributed by atoms with Crippen molar-refractivity contribution in [1.82, 2.24) is 24.9 Å². The first kappa shape index (κ1) is 27.1. The summed E-state index contributed by atoms with van der Waals surface area (Å²) in [5.74, 6) is -1.89. The maximum absolute atomic E-state index is 14.8. The number of ether oxygens (including phenoxy) is 1. The van der Waals surface area contributed by atoms with E-state index in [2.05, 4.69) is 30.3 Å². The second-order valence-electron chi connectivity index (χ2n) is 9.26. The summed E-state index contributed by atoms with van der Waals surface area (Å²) in [6, 6.07) is 5.15. The van der Waals surface area contributed by atoms with Crippen LogP contribution < -0.4 is 10.1 Å². The molecule has 1 saturated carbocycles. The highest BCUT2D eigenvalue weighted by atomic mass is 19.4. The lowest BCUT2D eigenvalue weighted by molar-refractivity contribution is -0.165. The van der Waals surface area contributed by atoms with Crippen molar-refractivity contribution < 1.29 is 40.4 Å². The molecule has 3 aromatic heterocycles. The topological polar surface area (TPSA) is 108 Å². The summed E-state index contributed by atoms with van der Waals surface area (Å²) in [5.41, 5.74) is -0.794. The van der Waals surface area contributed by atoms with E-state index in [0.717, 1.165) is 6.07 Å². The van der Waals surface area contributed by atoms with E-state index in [4.69, 9.17) is 4.52 Å². The van der Waals surface area contributed by atoms with E-state index in [0.29, 0.717) is 22.5 Å². The zero-order valence-electron chi connectivity index (χ0n) is 20.7. The van der Waals surface area contributed by atoms with Crippen LogP contribution in [0.3, 0.4) is 0 Å². The maximum Gasteiger partial charge on any atom is 0.401 e. The SMILES string of the molecule is Cn1cc(Cc2ncc(-c3ccc(CC(=O)Nc4cc(C5(C(F)(F)F)CC5)on4)c(F)c3)cn2)c(OC(F)F)n1.